The van der Waals surface area contributed by atoms with Crippen LogP contribution in [0.1, 0.15) is 0 Å². The minimum atomic E-state index is -0.514. The summed E-state index contributed by atoms with van der Waals surface area (Å²) in [6.07, 6.45) is 0. The van der Waals surface area contributed by atoms with Gasteiger partial charge in [0.15, 0.2) is 0 Å². The summed E-state index contributed by atoms with van der Waals surface area (Å²) in [6, 6.07) is 15.7. The zero-order chi connectivity index (χ0) is 16.2. The molecule has 0 unspecified atom stereocenters. The minimum Gasteiger partial charge on any atom is -0.325 e. The predicted octanol–water partition coefficient (Wildman–Crippen LogP) is 4.76. The van der Waals surface area contributed by atoms with Crippen LogP contribution in [-0.2, 0) is 4.79 Å². The third-order valence-electron chi connectivity index (χ3n) is 3.13. The lowest BCUT2D eigenvalue weighted by Crippen LogP contribution is -2.14. The quantitative estimate of drug-likeness (QED) is 0.693. The average Bonchev–Trinajstić information content (AvgIpc) is 2.56. The molecule has 0 atom stereocenters. The zero-order valence-electron chi connectivity index (χ0n) is 11.9. The molecule has 1 aromatic heterocycles. The first-order valence-electron chi connectivity index (χ1n) is 6.85. The van der Waals surface area contributed by atoms with Crippen LogP contribution in [0.5, 0.6) is 0 Å². The van der Waals surface area contributed by atoms with Crippen molar-refractivity contribution in [1.29, 1.82) is 0 Å². The third-order valence-corrected chi connectivity index (χ3v) is 4.35. The molecule has 0 saturated carbocycles. The molecule has 0 fully saturated rings. The van der Waals surface area contributed by atoms with Crippen molar-refractivity contribution in [2.45, 2.75) is 5.03 Å². The number of carbonyl (C=O) groups excluding carboxylic acids is 1. The van der Waals surface area contributed by atoms with Gasteiger partial charge in [-0.05, 0) is 30.3 Å². The number of hydrogen-bond donors (Lipinski definition) is 1. The van der Waals surface area contributed by atoms with E-state index >= 15 is 0 Å². The molecule has 0 saturated heterocycles. The Balaban J connectivity index is 1.62. The Morgan fingerprint density at radius 2 is 2.00 bits per heavy atom. The van der Waals surface area contributed by atoms with E-state index in [2.05, 4.69) is 10.3 Å². The number of nitrogens with one attached hydrogen (secondary N) is 1. The molecule has 0 aliphatic rings. The van der Waals surface area contributed by atoms with Crippen molar-refractivity contribution >= 4 is 45.9 Å². The summed E-state index contributed by atoms with van der Waals surface area (Å²) in [4.78, 5) is 16.4. The maximum Gasteiger partial charge on any atom is 0.234 e. The first-order chi connectivity index (χ1) is 11.1. The monoisotopic (exact) mass is 346 g/mol. The Morgan fingerprint density at radius 1 is 1.17 bits per heavy atom. The molecule has 0 aliphatic heterocycles. The number of benzene rings is 2. The van der Waals surface area contributed by atoms with Crippen molar-refractivity contribution in [3.8, 4) is 0 Å². The Bertz CT molecular complexity index is 872. The second-order valence-electron chi connectivity index (χ2n) is 4.81. The summed E-state index contributed by atoms with van der Waals surface area (Å²) in [5.41, 5.74) is 1.36. The molecule has 3 aromatic rings. The number of rotatable bonds is 4. The van der Waals surface area contributed by atoms with E-state index < -0.39 is 5.82 Å². The van der Waals surface area contributed by atoms with Gasteiger partial charge in [0.2, 0.25) is 5.91 Å². The second-order valence-corrected chi connectivity index (χ2v) is 6.21. The molecule has 0 spiro atoms. The fourth-order valence-electron chi connectivity index (χ4n) is 2.04. The van der Waals surface area contributed by atoms with Crippen LogP contribution in [0, 0.1) is 5.82 Å². The Morgan fingerprint density at radius 3 is 2.83 bits per heavy atom. The molecule has 6 heteroatoms. The van der Waals surface area contributed by atoms with E-state index in [1.165, 1.54) is 30.0 Å². The van der Waals surface area contributed by atoms with Crippen molar-refractivity contribution < 1.29 is 9.18 Å². The zero-order valence-corrected chi connectivity index (χ0v) is 13.5. The summed E-state index contributed by atoms with van der Waals surface area (Å²) < 4.78 is 13.1. The highest BCUT2D eigenvalue weighted by Gasteiger charge is 2.07. The highest BCUT2D eigenvalue weighted by Crippen LogP contribution is 2.22. The molecule has 0 radical (unpaired) electrons. The normalized spacial score (nSPS) is 10.7. The van der Waals surface area contributed by atoms with Crippen LogP contribution in [0.25, 0.3) is 10.9 Å². The molecule has 1 heterocycles. The molecule has 116 valence electrons. The lowest BCUT2D eigenvalue weighted by molar-refractivity contribution is -0.113. The Labute approximate surface area is 141 Å². The van der Waals surface area contributed by atoms with Gasteiger partial charge in [0.1, 0.15) is 5.82 Å². The van der Waals surface area contributed by atoms with Crippen LogP contribution < -0.4 is 5.32 Å². The smallest absolute Gasteiger partial charge is 0.234 e. The van der Waals surface area contributed by atoms with Gasteiger partial charge < -0.3 is 5.32 Å². The van der Waals surface area contributed by atoms with Crippen molar-refractivity contribution in [2.75, 3.05) is 11.1 Å². The number of anilines is 1. The number of pyridine rings is 1. The molecule has 2 aromatic carbocycles. The van der Waals surface area contributed by atoms with Gasteiger partial charge >= 0.3 is 0 Å². The van der Waals surface area contributed by atoms with Gasteiger partial charge in [0.25, 0.3) is 0 Å². The van der Waals surface area contributed by atoms with Gasteiger partial charge in [-0.2, -0.15) is 0 Å². The molecule has 0 bridgehead atoms. The number of nitrogens with zero attached hydrogens (tertiary/aromatic N) is 1. The van der Waals surface area contributed by atoms with Crippen molar-refractivity contribution in [2.24, 2.45) is 0 Å². The number of carbonyl (C=O) groups is 1. The molecule has 0 aliphatic carbocycles. The van der Waals surface area contributed by atoms with Gasteiger partial charge in [-0.1, -0.05) is 47.6 Å². The van der Waals surface area contributed by atoms with Crippen LogP contribution in [0.2, 0.25) is 5.02 Å². The van der Waals surface area contributed by atoms with Crippen molar-refractivity contribution in [3.63, 3.8) is 0 Å². The van der Waals surface area contributed by atoms with Gasteiger partial charge in [-0.25, -0.2) is 9.37 Å². The van der Waals surface area contributed by atoms with Crippen molar-refractivity contribution in [3.05, 3.63) is 65.4 Å². The van der Waals surface area contributed by atoms with E-state index in [4.69, 9.17) is 11.6 Å². The number of thioether (sulfide) groups is 1. The molecule has 1 N–H and O–H groups in total. The second kappa shape index (κ2) is 6.98. The first kappa shape index (κ1) is 15.8. The molecule has 3 rings (SSSR count). The predicted molar refractivity (Wildman–Crippen MR) is 92.5 cm³/mol. The van der Waals surface area contributed by atoms with Gasteiger partial charge in [0.05, 0.1) is 21.3 Å². The summed E-state index contributed by atoms with van der Waals surface area (Å²) in [6.45, 7) is 0. The van der Waals surface area contributed by atoms with Crippen LogP contribution in [-0.4, -0.2) is 16.6 Å². The summed E-state index contributed by atoms with van der Waals surface area (Å²) in [7, 11) is 0. The van der Waals surface area contributed by atoms with Gasteiger partial charge in [-0.3, -0.25) is 4.79 Å². The number of halogens is 2. The molecule has 23 heavy (non-hydrogen) atoms. The van der Waals surface area contributed by atoms with E-state index in [9.17, 15) is 9.18 Å². The lowest BCUT2D eigenvalue weighted by atomic mass is 10.2. The minimum absolute atomic E-state index is 0.0216. The fourth-order valence-corrected chi connectivity index (χ4v) is 2.90. The highest BCUT2D eigenvalue weighted by atomic mass is 35.5. The number of aromatic nitrogens is 1. The molecule has 1 amide bonds. The number of amides is 1. The van der Waals surface area contributed by atoms with E-state index in [1.807, 2.05) is 36.4 Å². The van der Waals surface area contributed by atoms with Crippen LogP contribution in [0.15, 0.2) is 59.6 Å². The maximum absolute atomic E-state index is 13.1. The fraction of sp³-hybridized carbons (Fsp3) is 0.0588. The van der Waals surface area contributed by atoms with Crippen LogP contribution in [0.3, 0.4) is 0 Å². The van der Waals surface area contributed by atoms with E-state index in [1.54, 1.807) is 0 Å². The van der Waals surface area contributed by atoms with Crippen LogP contribution in [0.4, 0.5) is 10.1 Å². The molecule has 3 nitrogen and oxygen atoms in total. The molecular weight excluding hydrogens is 335 g/mol. The van der Waals surface area contributed by atoms with E-state index in [0.29, 0.717) is 5.69 Å². The largest absolute Gasteiger partial charge is 0.325 e. The number of hydrogen-bond acceptors (Lipinski definition) is 3. The number of fused-ring (bicyclic) bond motifs is 1. The standard InChI is InChI=1S/C17H12ClFN2OS/c18-13-9-12(6-7-14(13)19)20-16(22)10-23-17-8-5-11-3-1-2-4-15(11)21-17/h1-9H,10H2,(H,20,22). The SMILES string of the molecule is O=C(CSc1ccc2ccccc2n1)Nc1ccc(F)c(Cl)c1. The van der Waals surface area contributed by atoms with E-state index in [0.717, 1.165) is 15.9 Å². The third kappa shape index (κ3) is 4.00. The Kier molecular flexibility index (Phi) is 4.79. The maximum atomic E-state index is 13.1. The average molecular weight is 347 g/mol. The highest BCUT2D eigenvalue weighted by molar-refractivity contribution is 7.99. The molecular formula is C17H12ClFN2OS. The summed E-state index contributed by atoms with van der Waals surface area (Å²) in [5, 5.41) is 4.49. The Hall–Kier alpha value is -2.11. The lowest BCUT2D eigenvalue weighted by Gasteiger charge is -2.06. The van der Waals surface area contributed by atoms with Gasteiger partial charge in [-0.15, -0.1) is 0 Å². The van der Waals surface area contributed by atoms with Gasteiger partial charge in [0, 0.05) is 11.1 Å². The summed E-state index contributed by atoms with van der Waals surface area (Å²) in [5.74, 6) is -0.507. The number of para-hydroxylation sites is 1. The topological polar surface area (TPSA) is 42.0 Å². The van der Waals surface area contributed by atoms with Crippen LogP contribution >= 0.6 is 23.4 Å². The van der Waals surface area contributed by atoms with E-state index in [-0.39, 0.29) is 16.7 Å². The first-order valence-corrected chi connectivity index (χ1v) is 8.22. The summed E-state index contributed by atoms with van der Waals surface area (Å²) >= 11 is 7.02. The van der Waals surface area contributed by atoms with Crippen molar-refractivity contribution in [1.82, 2.24) is 4.98 Å².